The lowest BCUT2D eigenvalue weighted by molar-refractivity contribution is -0.116. The zero-order valence-electron chi connectivity index (χ0n) is 13.2. The number of hydrogen-bond donors (Lipinski definition) is 1. The SMILES string of the molecule is CCCOc1cccn(CC(=O)Nc2ccccc2OC)c1=O. The fraction of sp³-hybridized carbons (Fsp3) is 0.294. The van der Waals surface area contributed by atoms with E-state index in [1.165, 1.54) is 11.7 Å². The zero-order chi connectivity index (χ0) is 16.7. The highest BCUT2D eigenvalue weighted by Gasteiger charge is 2.10. The maximum absolute atomic E-state index is 12.2. The minimum atomic E-state index is -0.323. The van der Waals surface area contributed by atoms with Crippen LogP contribution in [-0.4, -0.2) is 24.2 Å². The number of benzene rings is 1. The van der Waals surface area contributed by atoms with Crippen LogP contribution in [-0.2, 0) is 11.3 Å². The number of carbonyl (C=O) groups excluding carboxylic acids is 1. The van der Waals surface area contributed by atoms with E-state index in [0.29, 0.717) is 18.0 Å². The third-order valence-electron chi connectivity index (χ3n) is 3.14. The monoisotopic (exact) mass is 316 g/mol. The number of aromatic nitrogens is 1. The smallest absolute Gasteiger partial charge is 0.293 e. The van der Waals surface area contributed by atoms with Gasteiger partial charge in [-0.25, -0.2) is 0 Å². The quantitative estimate of drug-likeness (QED) is 0.851. The maximum Gasteiger partial charge on any atom is 0.293 e. The summed E-state index contributed by atoms with van der Waals surface area (Å²) in [7, 11) is 1.53. The number of nitrogens with one attached hydrogen (secondary N) is 1. The lowest BCUT2D eigenvalue weighted by Crippen LogP contribution is -2.28. The van der Waals surface area contributed by atoms with E-state index < -0.39 is 0 Å². The number of para-hydroxylation sites is 2. The molecule has 6 heteroatoms. The summed E-state index contributed by atoms with van der Waals surface area (Å²) in [4.78, 5) is 24.4. The van der Waals surface area contributed by atoms with E-state index in [0.717, 1.165) is 6.42 Å². The van der Waals surface area contributed by atoms with Crippen molar-refractivity contribution in [2.24, 2.45) is 0 Å². The maximum atomic E-state index is 12.2. The van der Waals surface area contributed by atoms with Crippen molar-refractivity contribution in [3.8, 4) is 11.5 Å². The minimum absolute atomic E-state index is 0.0970. The van der Waals surface area contributed by atoms with Gasteiger partial charge in [0.1, 0.15) is 12.3 Å². The first kappa shape index (κ1) is 16.6. The van der Waals surface area contributed by atoms with Gasteiger partial charge >= 0.3 is 0 Å². The molecule has 0 unspecified atom stereocenters. The fourth-order valence-electron chi connectivity index (χ4n) is 2.05. The summed E-state index contributed by atoms with van der Waals surface area (Å²) in [5.41, 5.74) is 0.238. The summed E-state index contributed by atoms with van der Waals surface area (Å²) in [5, 5.41) is 2.74. The Hall–Kier alpha value is -2.76. The highest BCUT2D eigenvalue weighted by Crippen LogP contribution is 2.22. The Morgan fingerprint density at radius 1 is 1.17 bits per heavy atom. The van der Waals surface area contributed by atoms with Crippen LogP contribution in [0.15, 0.2) is 47.4 Å². The summed E-state index contributed by atoms with van der Waals surface area (Å²) >= 11 is 0. The van der Waals surface area contributed by atoms with E-state index in [4.69, 9.17) is 9.47 Å². The van der Waals surface area contributed by atoms with Crippen LogP contribution >= 0.6 is 0 Å². The number of anilines is 1. The number of nitrogens with zero attached hydrogens (tertiary/aromatic N) is 1. The summed E-state index contributed by atoms with van der Waals surface area (Å²) in [6, 6.07) is 10.4. The summed E-state index contributed by atoms with van der Waals surface area (Å²) < 4.78 is 11.9. The van der Waals surface area contributed by atoms with Crippen LogP contribution in [0, 0.1) is 0 Å². The van der Waals surface area contributed by atoms with Crippen molar-refractivity contribution in [3.05, 3.63) is 52.9 Å². The highest BCUT2D eigenvalue weighted by molar-refractivity contribution is 5.92. The lowest BCUT2D eigenvalue weighted by Gasteiger charge is -2.11. The number of rotatable bonds is 7. The second-order valence-electron chi connectivity index (χ2n) is 4.90. The van der Waals surface area contributed by atoms with Crippen molar-refractivity contribution in [2.75, 3.05) is 19.0 Å². The largest absolute Gasteiger partial charge is 0.495 e. The summed E-state index contributed by atoms with van der Waals surface area (Å²) in [6.07, 6.45) is 2.37. The van der Waals surface area contributed by atoms with E-state index in [2.05, 4.69) is 5.32 Å². The normalized spacial score (nSPS) is 10.2. The van der Waals surface area contributed by atoms with Crippen molar-refractivity contribution in [2.45, 2.75) is 19.9 Å². The van der Waals surface area contributed by atoms with Gasteiger partial charge in [0.05, 0.1) is 19.4 Å². The first-order valence-electron chi connectivity index (χ1n) is 7.40. The third-order valence-corrected chi connectivity index (χ3v) is 3.14. The predicted molar refractivity (Wildman–Crippen MR) is 88.1 cm³/mol. The molecule has 0 saturated heterocycles. The van der Waals surface area contributed by atoms with Crippen LogP contribution in [0.2, 0.25) is 0 Å². The van der Waals surface area contributed by atoms with Crippen molar-refractivity contribution < 1.29 is 14.3 Å². The molecule has 0 radical (unpaired) electrons. The molecule has 1 amide bonds. The molecule has 6 nitrogen and oxygen atoms in total. The standard InChI is InChI=1S/C17H20N2O4/c1-3-11-23-15-9-6-10-19(17(15)21)12-16(20)18-13-7-4-5-8-14(13)22-2/h4-10H,3,11-12H2,1-2H3,(H,18,20). The Morgan fingerprint density at radius 2 is 1.91 bits per heavy atom. The molecule has 2 rings (SSSR count). The molecule has 0 atom stereocenters. The van der Waals surface area contributed by atoms with Crippen LogP contribution in [0.1, 0.15) is 13.3 Å². The van der Waals surface area contributed by atoms with Crippen molar-refractivity contribution >= 4 is 11.6 Å². The molecule has 1 aromatic carbocycles. The van der Waals surface area contributed by atoms with Gasteiger partial charge in [-0.2, -0.15) is 0 Å². The van der Waals surface area contributed by atoms with E-state index in [9.17, 15) is 9.59 Å². The second-order valence-corrected chi connectivity index (χ2v) is 4.90. The molecule has 23 heavy (non-hydrogen) atoms. The summed E-state index contributed by atoms with van der Waals surface area (Å²) in [5.74, 6) is 0.497. The first-order chi connectivity index (χ1) is 11.2. The zero-order valence-corrected chi connectivity index (χ0v) is 13.2. The third kappa shape index (κ3) is 4.35. The molecule has 1 heterocycles. The average Bonchev–Trinajstić information content (AvgIpc) is 2.56. The van der Waals surface area contributed by atoms with Gasteiger partial charge in [0.15, 0.2) is 5.75 Å². The molecule has 2 aromatic rings. The van der Waals surface area contributed by atoms with E-state index in [1.807, 2.05) is 13.0 Å². The van der Waals surface area contributed by atoms with Gasteiger partial charge in [-0.05, 0) is 30.7 Å². The van der Waals surface area contributed by atoms with E-state index in [1.54, 1.807) is 36.5 Å². The lowest BCUT2D eigenvalue weighted by atomic mass is 10.3. The van der Waals surface area contributed by atoms with Crippen LogP contribution in [0.4, 0.5) is 5.69 Å². The van der Waals surface area contributed by atoms with Gasteiger partial charge in [0.2, 0.25) is 5.91 Å². The van der Waals surface area contributed by atoms with Gasteiger partial charge in [0, 0.05) is 6.20 Å². The molecular weight excluding hydrogens is 296 g/mol. The van der Waals surface area contributed by atoms with Crippen molar-refractivity contribution in [3.63, 3.8) is 0 Å². The van der Waals surface area contributed by atoms with E-state index in [-0.39, 0.29) is 23.8 Å². The molecule has 0 aliphatic rings. The molecule has 122 valence electrons. The van der Waals surface area contributed by atoms with Gasteiger partial charge in [-0.15, -0.1) is 0 Å². The van der Waals surface area contributed by atoms with Crippen LogP contribution in [0.5, 0.6) is 11.5 Å². The van der Waals surface area contributed by atoms with Crippen LogP contribution in [0.25, 0.3) is 0 Å². The first-order valence-corrected chi connectivity index (χ1v) is 7.40. The Morgan fingerprint density at radius 3 is 2.65 bits per heavy atom. The Balaban J connectivity index is 2.10. The van der Waals surface area contributed by atoms with Crippen LogP contribution < -0.4 is 20.3 Å². The molecule has 0 bridgehead atoms. The number of pyridine rings is 1. The number of carbonyl (C=O) groups is 1. The average molecular weight is 316 g/mol. The highest BCUT2D eigenvalue weighted by atomic mass is 16.5. The molecule has 1 N–H and O–H groups in total. The van der Waals surface area contributed by atoms with Gasteiger partial charge in [0.25, 0.3) is 5.56 Å². The van der Waals surface area contributed by atoms with Crippen molar-refractivity contribution in [1.29, 1.82) is 0 Å². The van der Waals surface area contributed by atoms with Crippen LogP contribution in [0.3, 0.4) is 0 Å². The molecule has 1 aromatic heterocycles. The molecule has 0 saturated carbocycles. The van der Waals surface area contributed by atoms with Gasteiger partial charge in [-0.3, -0.25) is 9.59 Å². The molecule has 0 aliphatic heterocycles. The Labute approximate surface area is 134 Å². The fourth-order valence-corrected chi connectivity index (χ4v) is 2.05. The molecule has 0 spiro atoms. The number of hydrogen-bond acceptors (Lipinski definition) is 4. The topological polar surface area (TPSA) is 69.6 Å². The number of methoxy groups -OCH3 is 1. The molecule has 0 aliphatic carbocycles. The molecular formula is C17H20N2O4. The Kier molecular flexibility index (Phi) is 5.80. The number of ether oxygens (including phenoxy) is 2. The van der Waals surface area contributed by atoms with E-state index >= 15 is 0 Å². The van der Waals surface area contributed by atoms with Gasteiger partial charge in [-0.1, -0.05) is 19.1 Å². The number of amides is 1. The predicted octanol–water partition coefficient (Wildman–Crippen LogP) is 2.28. The minimum Gasteiger partial charge on any atom is -0.495 e. The second kappa shape index (κ2) is 8.03. The van der Waals surface area contributed by atoms with Crippen molar-refractivity contribution in [1.82, 2.24) is 4.57 Å². The Bertz CT molecular complexity index is 725. The summed E-state index contributed by atoms with van der Waals surface area (Å²) in [6.45, 7) is 2.33. The molecule has 0 fully saturated rings. The van der Waals surface area contributed by atoms with Gasteiger partial charge < -0.3 is 19.4 Å².